The molecule has 5 aliphatic rings. The second-order valence-corrected chi connectivity index (χ2v) is 41.6. The van der Waals surface area contributed by atoms with E-state index in [2.05, 4.69) is 496 Å². The molecule has 9 heteroatoms. The van der Waals surface area contributed by atoms with Crippen LogP contribution in [0, 0.1) is 11.8 Å². The van der Waals surface area contributed by atoms with Gasteiger partial charge >= 0.3 is 0 Å². The number of hydrogen-bond donors (Lipinski definition) is 0. The largest absolute Gasteiger partial charge is 0.456 e. The average Bonchev–Trinajstić information content (AvgIpc) is 1.54. The molecule has 4 aliphatic carbocycles. The zero-order valence-electron chi connectivity index (χ0n) is 77.9. The number of benzene rings is 19. The van der Waals surface area contributed by atoms with Crippen molar-refractivity contribution in [3.63, 3.8) is 0 Å². The van der Waals surface area contributed by atoms with Crippen LogP contribution in [0.3, 0.4) is 0 Å². The molecule has 29 rings (SSSR count). The SMILES string of the molecule is CC1CC=CC2=C1C1(c3ccc(N(c4ccccc4)c4cc(-c5ccc6ccccc6c5)c5oc6ccccc6c5c4)cc3Sc3c(N(c4ccccc4)c4cc5oc6ccccc6c5cc4-c4cc5ccccc5s4)cccc31)c1cccc(N(c3cccc(-c4cccc5c4C(C)(C)C4C=CC=CC54C)c3)c3cc(-c4ccc5c(c4)c4ccccc4n5-c4ccccc4)c4oc5ccccc5c4c3)c12. The lowest BCUT2D eigenvalue weighted by Crippen LogP contribution is -2.36. The third-order valence-electron chi connectivity index (χ3n) is 31.3. The first-order valence-corrected chi connectivity index (χ1v) is 50.6. The van der Waals surface area contributed by atoms with Gasteiger partial charge in [0.2, 0.25) is 0 Å². The first kappa shape index (κ1) is 81.5. The minimum atomic E-state index is -0.951. The number of nitrogens with zero attached hydrogens (tertiary/aromatic N) is 4. The quantitative estimate of drug-likeness (QED) is 0.108. The molecule has 0 saturated heterocycles. The van der Waals surface area contributed by atoms with Crippen molar-refractivity contribution in [1.29, 1.82) is 0 Å². The maximum atomic E-state index is 7.37. The Hall–Kier alpha value is -16.7. The van der Waals surface area contributed by atoms with Crippen LogP contribution in [0.25, 0.3) is 164 Å². The van der Waals surface area contributed by atoms with Crippen LogP contribution in [0.15, 0.2) is 478 Å². The van der Waals surface area contributed by atoms with E-state index in [1.54, 1.807) is 0 Å². The van der Waals surface area contributed by atoms with Gasteiger partial charge in [0.05, 0.1) is 33.5 Å². The highest BCUT2D eigenvalue weighted by atomic mass is 32.2. The number of aromatic nitrogens is 1. The van der Waals surface area contributed by atoms with Crippen LogP contribution in [0.1, 0.15) is 67.5 Å². The summed E-state index contributed by atoms with van der Waals surface area (Å²) >= 11 is 3.73. The van der Waals surface area contributed by atoms with Crippen LogP contribution < -0.4 is 14.7 Å². The van der Waals surface area contributed by atoms with Crippen molar-refractivity contribution in [3.8, 4) is 49.5 Å². The molecule has 24 aromatic rings. The molecule has 4 atom stereocenters. The Morgan fingerprint density at radius 2 is 0.943 bits per heavy atom. The average molecular weight is 1840 g/mol. The Bertz CT molecular complexity index is 9540. The van der Waals surface area contributed by atoms with E-state index in [4.69, 9.17) is 13.3 Å². The molecule has 0 saturated carbocycles. The summed E-state index contributed by atoms with van der Waals surface area (Å²) in [6.45, 7) is 9.90. The molecule has 0 N–H and O–H groups in total. The molecule has 7 nitrogen and oxygen atoms in total. The lowest BCUT2D eigenvalue weighted by atomic mass is 9.63. The zero-order chi connectivity index (χ0) is 93.2. The van der Waals surface area contributed by atoms with Gasteiger partial charge in [0, 0.05) is 136 Å². The summed E-state index contributed by atoms with van der Waals surface area (Å²) in [6, 6.07) is 154. The molecule has 0 fully saturated rings. The second-order valence-electron chi connectivity index (χ2n) is 39.5. The molecule has 6 heterocycles. The lowest BCUT2D eigenvalue weighted by Gasteiger charge is -2.45. The van der Waals surface area contributed by atoms with Crippen molar-refractivity contribution in [1.82, 2.24) is 4.57 Å². The molecule has 0 bridgehead atoms. The summed E-state index contributed by atoms with van der Waals surface area (Å²) in [5.41, 5.74) is 34.1. The third kappa shape index (κ3) is 12.2. The van der Waals surface area contributed by atoms with Crippen LogP contribution in [-0.4, -0.2) is 4.57 Å². The number of rotatable bonds is 14. The van der Waals surface area contributed by atoms with E-state index in [-0.39, 0.29) is 22.7 Å². The summed E-state index contributed by atoms with van der Waals surface area (Å²) in [6.07, 6.45) is 15.2. The molecular formula is C132H90N4O3S2. The highest BCUT2D eigenvalue weighted by Gasteiger charge is 2.56. The van der Waals surface area contributed by atoms with Gasteiger partial charge in [-0.05, 0) is 259 Å². The maximum absolute atomic E-state index is 7.37. The number of thiophene rings is 1. The van der Waals surface area contributed by atoms with Gasteiger partial charge in [-0.3, -0.25) is 0 Å². The number of furan rings is 3. The first-order chi connectivity index (χ1) is 69.4. The van der Waals surface area contributed by atoms with Crippen molar-refractivity contribution in [2.45, 2.75) is 60.2 Å². The standard InChI is InChI=1S/C132H90N4O3S2/c1-80-33-28-50-99-124-108(51-31-55-113(124)134(90-44-29-37-83(70-90)94-49-30-52-109-126(94)130(2,3)123-61-26-27-68-131(109,123)4)93-74-101(128-105(76-93)98-48-20-24-59-118(98)139-128)85-64-67-112-102(71-85)95-45-17-21-54-111(95)135(112)88-40-10-6-11-41-88)132(125(80)99)107-66-65-91(133(87-38-8-5-9-39-87)92-73-100(84-63-62-81-34-14-15-35-82(81)69-84)127-104(75-92)97-47-19-23-58-117(97)138-127)77-122(107)141-129-110(132)53-32-56-114(129)136(89-42-12-7-13-43-89)115-79-119-103(96-46-18-22-57-116(96)137-119)78-106(115)121-72-86-36-16-25-60-120(86)140-121/h5-32,34-80,123H,33H2,1-4H3. The highest BCUT2D eigenvalue weighted by molar-refractivity contribution is 7.99. The van der Waals surface area contributed by atoms with E-state index in [0.29, 0.717) is 0 Å². The normalized spacial score (nSPS) is 17.0. The summed E-state index contributed by atoms with van der Waals surface area (Å²) < 4.78 is 25.2. The van der Waals surface area contributed by atoms with Crippen LogP contribution in [0.5, 0.6) is 0 Å². The molecule has 668 valence electrons. The van der Waals surface area contributed by atoms with Gasteiger partial charge in [0.25, 0.3) is 0 Å². The lowest BCUT2D eigenvalue weighted by molar-refractivity contribution is 0.324. The summed E-state index contributed by atoms with van der Waals surface area (Å²) in [5.74, 6) is 0.287. The Labute approximate surface area is 824 Å². The van der Waals surface area contributed by atoms with Gasteiger partial charge in [-0.15, -0.1) is 11.3 Å². The van der Waals surface area contributed by atoms with Crippen molar-refractivity contribution in [2.24, 2.45) is 11.8 Å². The molecule has 0 amide bonds. The number of para-hydroxylation sites is 7. The monoisotopic (exact) mass is 1840 g/mol. The van der Waals surface area contributed by atoms with Gasteiger partial charge in [-0.25, -0.2) is 0 Å². The van der Waals surface area contributed by atoms with E-state index in [1.165, 1.54) is 75.8 Å². The topological polar surface area (TPSA) is 54.1 Å². The number of anilines is 9. The van der Waals surface area contributed by atoms with E-state index in [0.717, 1.165) is 194 Å². The molecule has 19 aromatic carbocycles. The zero-order valence-corrected chi connectivity index (χ0v) is 79.5. The van der Waals surface area contributed by atoms with E-state index in [9.17, 15) is 0 Å². The summed E-state index contributed by atoms with van der Waals surface area (Å²) in [5, 5.41) is 12.2. The van der Waals surface area contributed by atoms with Gasteiger partial charge < -0.3 is 32.5 Å². The minimum Gasteiger partial charge on any atom is -0.456 e. The molecule has 141 heavy (non-hydrogen) atoms. The van der Waals surface area contributed by atoms with Crippen molar-refractivity contribution in [3.05, 3.63) is 488 Å². The van der Waals surface area contributed by atoms with Crippen LogP contribution in [0.2, 0.25) is 0 Å². The third-order valence-corrected chi connectivity index (χ3v) is 33.7. The fraction of sp³-hybridized carbons (Fsp3) is 0.0758. The molecule has 5 aromatic heterocycles. The Balaban J connectivity index is 0.713. The predicted octanol–water partition coefficient (Wildman–Crippen LogP) is 37.4. The molecular weight excluding hydrogens is 1750 g/mol. The van der Waals surface area contributed by atoms with Gasteiger partial charge in [-0.1, -0.05) is 325 Å². The van der Waals surface area contributed by atoms with Crippen molar-refractivity contribution < 1.29 is 13.3 Å². The van der Waals surface area contributed by atoms with Crippen molar-refractivity contribution in [2.75, 3.05) is 14.7 Å². The number of hydrogen-bond acceptors (Lipinski definition) is 8. The summed E-state index contributed by atoms with van der Waals surface area (Å²) in [4.78, 5) is 11.1. The summed E-state index contributed by atoms with van der Waals surface area (Å²) in [7, 11) is 0. The Kier molecular flexibility index (Phi) is 18.0. The fourth-order valence-corrected chi connectivity index (χ4v) is 27.8. The molecule has 1 spiro atoms. The van der Waals surface area contributed by atoms with Crippen molar-refractivity contribution >= 4 is 188 Å². The van der Waals surface area contributed by atoms with Gasteiger partial charge in [0.1, 0.15) is 33.5 Å². The van der Waals surface area contributed by atoms with E-state index in [1.807, 2.05) is 23.1 Å². The van der Waals surface area contributed by atoms with E-state index < -0.39 is 5.41 Å². The molecule has 0 radical (unpaired) electrons. The molecule has 1 aliphatic heterocycles. The van der Waals surface area contributed by atoms with Crippen LogP contribution in [-0.2, 0) is 16.2 Å². The minimum absolute atomic E-state index is 0.0297. The van der Waals surface area contributed by atoms with Crippen LogP contribution in [0.4, 0.5) is 51.2 Å². The van der Waals surface area contributed by atoms with Crippen LogP contribution >= 0.6 is 23.1 Å². The predicted molar refractivity (Wildman–Crippen MR) is 590 cm³/mol. The van der Waals surface area contributed by atoms with E-state index >= 15 is 0 Å². The first-order valence-electron chi connectivity index (χ1n) is 49.0. The fourth-order valence-electron chi connectivity index (χ4n) is 25.3. The second kappa shape index (κ2) is 31.2. The Morgan fingerprint density at radius 3 is 1.70 bits per heavy atom. The Morgan fingerprint density at radius 1 is 0.355 bits per heavy atom. The maximum Gasteiger partial charge on any atom is 0.143 e. The number of fused-ring (bicyclic) bond motifs is 25. The smallest absolute Gasteiger partial charge is 0.143 e. The number of allylic oxidation sites excluding steroid dienone is 8. The van der Waals surface area contributed by atoms with Gasteiger partial charge in [-0.2, -0.15) is 0 Å². The molecule has 4 unspecified atom stereocenters. The highest BCUT2D eigenvalue weighted by Crippen LogP contribution is 2.69. The van der Waals surface area contributed by atoms with Gasteiger partial charge in [0.15, 0.2) is 0 Å².